The molecule has 2 rings (SSSR count). The molecule has 0 aliphatic carbocycles. The number of tetrazole rings is 1. The highest BCUT2D eigenvalue weighted by Crippen LogP contribution is 2.31. The Morgan fingerprint density at radius 1 is 1.30 bits per heavy atom. The van der Waals surface area contributed by atoms with Crippen molar-refractivity contribution in [3.63, 3.8) is 0 Å². The number of aromatic nitrogens is 4. The number of halogens is 2. The maximum absolute atomic E-state index is 11.4. The van der Waals surface area contributed by atoms with Crippen LogP contribution in [0.25, 0.3) is 5.69 Å². The molecule has 0 amide bonds. The van der Waals surface area contributed by atoms with Crippen molar-refractivity contribution in [1.29, 1.82) is 0 Å². The molecule has 0 fully saturated rings. The smallest absolute Gasteiger partial charge is 0.338 e. The van der Waals surface area contributed by atoms with Gasteiger partial charge in [-0.05, 0) is 22.6 Å². The molecule has 106 valence electrons. The van der Waals surface area contributed by atoms with E-state index in [4.69, 9.17) is 23.2 Å². The van der Waals surface area contributed by atoms with Crippen molar-refractivity contribution in [2.24, 2.45) is 0 Å². The molecule has 0 aliphatic rings. The van der Waals surface area contributed by atoms with Crippen LogP contribution in [0.2, 0.25) is 10.0 Å². The minimum absolute atomic E-state index is 0.0553. The zero-order valence-corrected chi connectivity index (χ0v) is 12.6. The molecule has 1 heterocycles. The molecule has 0 atom stereocenters. The van der Waals surface area contributed by atoms with Gasteiger partial charge >= 0.3 is 5.97 Å². The van der Waals surface area contributed by atoms with Gasteiger partial charge in [-0.25, -0.2) is 4.79 Å². The minimum Gasteiger partial charge on any atom is -0.478 e. The Bertz CT molecular complexity index is 677. The van der Waals surface area contributed by atoms with E-state index < -0.39 is 5.97 Å². The van der Waals surface area contributed by atoms with Crippen LogP contribution in [0.4, 0.5) is 0 Å². The zero-order valence-electron chi connectivity index (χ0n) is 11.1. The van der Waals surface area contributed by atoms with Gasteiger partial charge in [0.05, 0.1) is 10.6 Å². The summed E-state index contributed by atoms with van der Waals surface area (Å²) >= 11 is 12.0. The second kappa shape index (κ2) is 5.03. The van der Waals surface area contributed by atoms with Gasteiger partial charge in [0.1, 0.15) is 5.69 Å². The molecule has 2 aromatic rings. The standard InChI is InChI=1S/C12H12Cl2N4O2/c1-12(2,3)11-15-16-17-18(11)9-7(10(19)20)4-6(13)5-8(9)14/h4-5H,1-3H3,(H,19,20). The SMILES string of the molecule is CC(C)(C)c1nnnn1-c1c(Cl)cc(Cl)cc1C(=O)O. The molecule has 1 N–H and O–H groups in total. The molecule has 1 aromatic carbocycles. The van der Waals surface area contributed by atoms with E-state index in [-0.39, 0.29) is 26.7 Å². The van der Waals surface area contributed by atoms with Crippen LogP contribution in [0.3, 0.4) is 0 Å². The van der Waals surface area contributed by atoms with E-state index in [1.54, 1.807) is 0 Å². The first-order chi connectivity index (χ1) is 9.21. The van der Waals surface area contributed by atoms with E-state index in [1.807, 2.05) is 20.8 Å². The van der Waals surface area contributed by atoms with E-state index >= 15 is 0 Å². The number of aromatic carboxylic acids is 1. The van der Waals surface area contributed by atoms with Crippen LogP contribution >= 0.6 is 23.2 Å². The maximum Gasteiger partial charge on any atom is 0.338 e. The van der Waals surface area contributed by atoms with Gasteiger partial charge in [0, 0.05) is 10.4 Å². The van der Waals surface area contributed by atoms with E-state index in [2.05, 4.69) is 15.5 Å². The summed E-state index contributed by atoms with van der Waals surface area (Å²) in [6, 6.07) is 2.78. The third-order valence-electron chi connectivity index (χ3n) is 2.61. The lowest BCUT2D eigenvalue weighted by Crippen LogP contribution is -2.20. The minimum atomic E-state index is -1.15. The van der Waals surface area contributed by atoms with E-state index in [9.17, 15) is 9.90 Å². The Balaban J connectivity index is 2.77. The van der Waals surface area contributed by atoms with E-state index in [1.165, 1.54) is 16.8 Å². The molecular weight excluding hydrogens is 303 g/mol. The van der Waals surface area contributed by atoms with Crippen LogP contribution in [-0.2, 0) is 5.41 Å². The van der Waals surface area contributed by atoms with Gasteiger partial charge < -0.3 is 5.11 Å². The second-order valence-corrected chi connectivity index (χ2v) is 6.10. The lowest BCUT2D eigenvalue weighted by molar-refractivity contribution is 0.0696. The Kier molecular flexibility index (Phi) is 3.71. The Morgan fingerprint density at radius 3 is 2.50 bits per heavy atom. The number of carbonyl (C=O) groups is 1. The third kappa shape index (κ3) is 2.62. The number of nitrogens with zero attached hydrogens (tertiary/aromatic N) is 4. The van der Waals surface area contributed by atoms with Crippen molar-refractivity contribution < 1.29 is 9.90 Å². The van der Waals surface area contributed by atoms with E-state index in [0.29, 0.717) is 5.82 Å². The molecule has 0 aliphatic heterocycles. The molecule has 6 nitrogen and oxygen atoms in total. The predicted molar refractivity (Wildman–Crippen MR) is 74.8 cm³/mol. The lowest BCUT2D eigenvalue weighted by atomic mass is 9.95. The first-order valence-electron chi connectivity index (χ1n) is 5.73. The molecule has 0 spiro atoms. The number of carboxylic acids is 1. The number of benzene rings is 1. The van der Waals surface area contributed by atoms with Gasteiger partial charge in [-0.2, -0.15) is 4.68 Å². The first-order valence-corrected chi connectivity index (χ1v) is 6.49. The van der Waals surface area contributed by atoms with Crippen molar-refractivity contribution in [3.05, 3.63) is 33.6 Å². The van der Waals surface area contributed by atoms with Crippen molar-refractivity contribution in [2.45, 2.75) is 26.2 Å². The van der Waals surface area contributed by atoms with Crippen molar-refractivity contribution in [1.82, 2.24) is 20.2 Å². The van der Waals surface area contributed by atoms with Crippen LogP contribution < -0.4 is 0 Å². The lowest BCUT2D eigenvalue weighted by Gasteiger charge is -2.18. The summed E-state index contributed by atoms with van der Waals surface area (Å²) in [4.78, 5) is 11.4. The molecule has 0 saturated heterocycles. The third-order valence-corrected chi connectivity index (χ3v) is 3.12. The van der Waals surface area contributed by atoms with Gasteiger partial charge in [0.15, 0.2) is 5.82 Å². The fourth-order valence-corrected chi connectivity index (χ4v) is 2.32. The Morgan fingerprint density at radius 2 is 1.95 bits per heavy atom. The Hall–Kier alpha value is -1.66. The van der Waals surface area contributed by atoms with Crippen LogP contribution in [0.1, 0.15) is 37.0 Å². The Labute approximate surface area is 125 Å². The summed E-state index contributed by atoms with van der Waals surface area (Å²) in [7, 11) is 0. The largest absolute Gasteiger partial charge is 0.478 e. The number of rotatable bonds is 2. The van der Waals surface area contributed by atoms with Gasteiger partial charge in [0.25, 0.3) is 0 Å². The average molecular weight is 315 g/mol. The topological polar surface area (TPSA) is 80.9 Å². The van der Waals surface area contributed by atoms with Crippen molar-refractivity contribution in [2.75, 3.05) is 0 Å². The molecule has 20 heavy (non-hydrogen) atoms. The summed E-state index contributed by atoms with van der Waals surface area (Å²) in [5, 5.41) is 21.1. The zero-order chi connectivity index (χ0) is 15.1. The maximum atomic E-state index is 11.4. The fourth-order valence-electron chi connectivity index (χ4n) is 1.75. The average Bonchev–Trinajstić information content (AvgIpc) is 2.76. The molecule has 8 heteroatoms. The molecule has 0 unspecified atom stereocenters. The highest BCUT2D eigenvalue weighted by molar-refractivity contribution is 6.36. The monoisotopic (exact) mass is 314 g/mol. The van der Waals surface area contributed by atoms with Gasteiger partial charge in [-0.3, -0.25) is 0 Å². The van der Waals surface area contributed by atoms with Crippen LogP contribution in [0.15, 0.2) is 12.1 Å². The normalized spacial score (nSPS) is 11.7. The summed E-state index contributed by atoms with van der Waals surface area (Å²) in [5.74, 6) is -0.649. The number of hydrogen-bond acceptors (Lipinski definition) is 4. The summed E-state index contributed by atoms with van der Waals surface area (Å²) in [6.45, 7) is 5.75. The fraction of sp³-hybridized carbons (Fsp3) is 0.333. The predicted octanol–water partition coefficient (Wildman–Crippen LogP) is 2.96. The molecule has 0 saturated carbocycles. The summed E-state index contributed by atoms with van der Waals surface area (Å²) < 4.78 is 1.34. The summed E-state index contributed by atoms with van der Waals surface area (Å²) in [6.07, 6.45) is 0. The highest BCUT2D eigenvalue weighted by Gasteiger charge is 2.27. The van der Waals surface area contributed by atoms with Crippen molar-refractivity contribution >= 4 is 29.2 Å². The quantitative estimate of drug-likeness (QED) is 0.921. The molecule has 0 radical (unpaired) electrons. The van der Waals surface area contributed by atoms with E-state index in [0.717, 1.165) is 0 Å². The van der Waals surface area contributed by atoms with Gasteiger partial charge in [0.2, 0.25) is 0 Å². The van der Waals surface area contributed by atoms with Gasteiger partial charge in [-0.15, -0.1) is 5.10 Å². The van der Waals surface area contributed by atoms with Gasteiger partial charge in [-0.1, -0.05) is 44.0 Å². The molecular formula is C12H12Cl2N4O2. The molecule has 1 aromatic heterocycles. The first kappa shape index (κ1) is 14.7. The number of carboxylic acid groups (broad SMARTS) is 1. The summed E-state index contributed by atoms with van der Waals surface area (Å²) in [5.41, 5.74) is -0.221. The van der Waals surface area contributed by atoms with Crippen molar-refractivity contribution in [3.8, 4) is 5.69 Å². The van der Waals surface area contributed by atoms with Crippen LogP contribution in [-0.4, -0.2) is 31.3 Å². The van der Waals surface area contributed by atoms with Crippen LogP contribution in [0, 0.1) is 0 Å². The molecule has 0 bridgehead atoms. The number of hydrogen-bond donors (Lipinski definition) is 1. The highest BCUT2D eigenvalue weighted by atomic mass is 35.5. The second-order valence-electron chi connectivity index (χ2n) is 5.25. The van der Waals surface area contributed by atoms with Crippen LogP contribution in [0.5, 0.6) is 0 Å².